The zero-order valence-corrected chi connectivity index (χ0v) is 17.3. The first kappa shape index (κ1) is 24.2. The number of nitrogens with two attached hydrogens (primary N) is 1. The fourth-order valence-corrected chi connectivity index (χ4v) is 3.54. The molecule has 1 saturated heterocycles. The molecular formula is C20H26F4N4O4. The Labute approximate surface area is 182 Å². The zero-order chi connectivity index (χ0) is 23.3. The molecule has 1 aromatic rings. The molecule has 1 saturated carbocycles. The van der Waals surface area contributed by atoms with Crippen LogP contribution >= 0.6 is 0 Å². The van der Waals surface area contributed by atoms with Gasteiger partial charge >= 0.3 is 6.61 Å². The molecule has 1 heterocycles. The molecule has 1 atom stereocenters. The SMILES string of the molecule is NC[C@@H](C(=O)Nc1ccc(N2CCOCC2=O)cc1OC(F)F)N(CC(F)F)CC1CC1. The number of morpholine rings is 1. The molecule has 0 aromatic heterocycles. The summed E-state index contributed by atoms with van der Waals surface area (Å²) in [4.78, 5) is 27.6. The van der Waals surface area contributed by atoms with Gasteiger partial charge in [-0.1, -0.05) is 0 Å². The van der Waals surface area contributed by atoms with Gasteiger partial charge in [0.05, 0.1) is 18.8 Å². The van der Waals surface area contributed by atoms with Gasteiger partial charge < -0.3 is 25.4 Å². The van der Waals surface area contributed by atoms with E-state index < -0.39 is 31.5 Å². The summed E-state index contributed by atoms with van der Waals surface area (Å²) in [5.41, 5.74) is 5.92. The van der Waals surface area contributed by atoms with E-state index in [2.05, 4.69) is 10.1 Å². The van der Waals surface area contributed by atoms with Crippen LogP contribution in [0.1, 0.15) is 12.8 Å². The molecule has 8 nitrogen and oxygen atoms in total. The quantitative estimate of drug-likeness (QED) is 0.488. The van der Waals surface area contributed by atoms with Crippen LogP contribution in [0.3, 0.4) is 0 Å². The number of benzene rings is 1. The number of ether oxygens (including phenoxy) is 2. The van der Waals surface area contributed by atoms with Gasteiger partial charge in [-0.15, -0.1) is 0 Å². The minimum absolute atomic E-state index is 0.0818. The van der Waals surface area contributed by atoms with Crippen LogP contribution < -0.4 is 20.7 Å². The van der Waals surface area contributed by atoms with Gasteiger partial charge in [0.15, 0.2) is 5.75 Å². The number of carbonyl (C=O) groups is 2. The predicted octanol–water partition coefficient (Wildman–Crippen LogP) is 1.89. The Hall–Kier alpha value is -2.44. The molecule has 0 spiro atoms. The van der Waals surface area contributed by atoms with Crippen molar-refractivity contribution in [2.24, 2.45) is 11.7 Å². The van der Waals surface area contributed by atoms with E-state index in [-0.39, 0.29) is 49.6 Å². The van der Waals surface area contributed by atoms with Gasteiger partial charge in [-0.2, -0.15) is 8.78 Å². The minimum atomic E-state index is -3.18. The highest BCUT2D eigenvalue weighted by Gasteiger charge is 2.33. The van der Waals surface area contributed by atoms with E-state index in [0.717, 1.165) is 12.8 Å². The van der Waals surface area contributed by atoms with Crippen molar-refractivity contribution in [1.82, 2.24) is 4.90 Å². The van der Waals surface area contributed by atoms with Crippen molar-refractivity contribution in [1.29, 1.82) is 0 Å². The van der Waals surface area contributed by atoms with E-state index in [0.29, 0.717) is 12.2 Å². The second-order valence-corrected chi connectivity index (χ2v) is 7.69. The Morgan fingerprint density at radius 1 is 1.31 bits per heavy atom. The number of nitrogens with one attached hydrogen (secondary N) is 1. The Balaban J connectivity index is 1.79. The lowest BCUT2D eigenvalue weighted by Gasteiger charge is -2.30. The van der Waals surface area contributed by atoms with Crippen molar-refractivity contribution in [2.75, 3.05) is 49.6 Å². The summed E-state index contributed by atoms with van der Waals surface area (Å²) in [6, 6.07) is 2.93. The Kier molecular flexibility index (Phi) is 8.26. The third-order valence-electron chi connectivity index (χ3n) is 5.27. The van der Waals surface area contributed by atoms with Gasteiger partial charge in [-0.05, 0) is 30.9 Å². The van der Waals surface area contributed by atoms with Crippen molar-refractivity contribution >= 4 is 23.2 Å². The van der Waals surface area contributed by atoms with Gasteiger partial charge in [0, 0.05) is 31.4 Å². The lowest BCUT2D eigenvalue weighted by molar-refractivity contribution is -0.125. The number of hydrogen-bond donors (Lipinski definition) is 2. The first-order chi connectivity index (χ1) is 15.3. The molecule has 12 heteroatoms. The molecule has 2 fully saturated rings. The fourth-order valence-electron chi connectivity index (χ4n) is 3.54. The smallest absolute Gasteiger partial charge is 0.387 e. The van der Waals surface area contributed by atoms with Crippen LogP contribution in [0.5, 0.6) is 5.75 Å². The molecule has 0 radical (unpaired) electrons. The number of hydrogen-bond acceptors (Lipinski definition) is 6. The average molecular weight is 462 g/mol. The third kappa shape index (κ3) is 6.53. The summed E-state index contributed by atoms with van der Waals surface area (Å²) in [5.74, 6) is -1.17. The van der Waals surface area contributed by atoms with Crippen molar-refractivity contribution in [3.63, 3.8) is 0 Å². The van der Waals surface area contributed by atoms with Gasteiger partial charge in [0.25, 0.3) is 12.3 Å². The van der Waals surface area contributed by atoms with Gasteiger partial charge in [0.2, 0.25) is 5.91 Å². The van der Waals surface area contributed by atoms with Gasteiger partial charge in [0.1, 0.15) is 12.6 Å². The second kappa shape index (κ2) is 10.9. The summed E-state index contributed by atoms with van der Waals surface area (Å²) in [5, 5.41) is 2.46. The lowest BCUT2D eigenvalue weighted by atomic mass is 10.1. The zero-order valence-electron chi connectivity index (χ0n) is 17.3. The average Bonchev–Trinajstić information content (AvgIpc) is 3.53. The Bertz CT molecular complexity index is 806. The molecule has 2 aliphatic rings. The van der Waals surface area contributed by atoms with E-state index >= 15 is 0 Å². The van der Waals surface area contributed by atoms with Crippen LogP contribution in [0.25, 0.3) is 0 Å². The highest BCUT2D eigenvalue weighted by Crippen LogP contribution is 2.33. The molecule has 1 aliphatic heterocycles. The van der Waals surface area contributed by atoms with Crippen molar-refractivity contribution in [3.8, 4) is 5.75 Å². The maximum atomic E-state index is 13.0. The van der Waals surface area contributed by atoms with Crippen LogP contribution in [0, 0.1) is 5.92 Å². The van der Waals surface area contributed by atoms with Crippen LogP contribution in [0.2, 0.25) is 0 Å². The van der Waals surface area contributed by atoms with Gasteiger partial charge in [-0.25, -0.2) is 8.78 Å². The summed E-state index contributed by atoms with van der Waals surface area (Å²) < 4.78 is 61.7. The Morgan fingerprint density at radius 2 is 2.06 bits per heavy atom. The first-order valence-corrected chi connectivity index (χ1v) is 10.3. The standard InChI is InChI=1S/C20H26F4N4O4/c21-17(22)10-27(9-12-1-2-12)15(8-25)19(30)26-14-4-3-13(7-16(14)32-20(23)24)28-5-6-31-11-18(28)29/h3-4,7,12,15,17,20H,1-2,5-6,8-11,25H2,(H,26,30)/t15-/m0/s1. The number of rotatable bonds is 11. The summed E-state index contributed by atoms with van der Waals surface area (Å²) in [6.07, 6.45) is -0.863. The largest absolute Gasteiger partial charge is 0.433 e. The van der Waals surface area contributed by atoms with Crippen LogP contribution in [0.4, 0.5) is 28.9 Å². The summed E-state index contributed by atoms with van der Waals surface area (Å²) in [6.45, 7) is -3.34. The number of amides is 2. The topological polar surface area (TPSA) is 97.1 Å². The number of alkyl halides is 4. The fraction of sp³-hybridized carbons (Fsp3) is 0.600. The van der Waals surface area contributed by atoms with E-state index in [4.69, 9.17) is 10.5 Å². The van der Waals surface area contributed by atoms with E-state index in [1.807, 2.05) is 0 Å². The molecule has 1 aromatic carbocycles. The van der Waals surface area contributed by atoms with Crippen molar-refractivity contribution in [3.05, 3.63) is 18.2 Å². The molecule has 178 valence electrons. The minimum Gasteiger partial charge on any atom is -0.433 e. The highest BCUT2D eigenvalue weighted by molar-refractivity contribution is 5.98. The lowest BCUT2D eigenvalue weighted by Crippen LogP contribution is -2.51. The van der Waals surface area contributed by atoms with Crippen molar-refractivity contribution < 1.29 is 36.6 Å². The maximum absolute atomic E-state index is 13.0. The monoisotopic (exact) mass is 462 g/mol. The molecule has 3 N–H and O–H groups in total. The number of anilines is 2. The number of halogens is 4. The molecule has 32 heavy (non-hydrogen) atoms. The first-order valence-electron chi connectivity index (χ1n) is 10.3. The molecule has 1 aliphatic carbocycles. The third-order valence-corrected chi connectivity index (χ3v) is 5.27. The normalized spacial score (nSPS) is 17.9. The van der Waals surface area contributed by atoms with Crippen LogP contribution in [0.15, 0.2) is 18.2 Å². The van der Waals surface area contributed by atoms with Crippen LogP contribution in [-0.4, -0.2) is 75.2 Å². The molecule has 0 unspecified atom stereocenters. The van der Waals surface area contributed by atoms with E-state index in [9.17, 15) is 27.2 Å². The predicted molar refractivity (Wildman–Crippen MR) is 108 cm³/mol. The molecule has 0 bridgehead atoms. The summed E-state index contributed by atoms with van der Waals surface area (Å²) >= 11 is 0. The summed E-state index contributed by atoms with van der Waals surface area (Å²) in [7, 11) is 0. The van der Waals surface area contributed by atoms with Crippen LogP contribution in [-0.2, 0) is 14.3 Å². The second-order valence-electron chi connectivity index (χ2n) is 7.69. The van der Waals surface area contributed by atoms with E-state index in [1.165, 1.54) is 28.0 Å². The molecule has 3 rings (SSSR count). The van der Waals surface area contributed by atoms with E-state index in [1.54, 1.807) is 0 Å². The van der Waals surface area contributed by atoms with Crippen molar-refractivity contribution in [2.45, 2.75) is 31.9 Å². The molecule has 2 amide bonds. The number of nitrogens with zero attached hydrogens (tertiary/aromatic N) is 2. The van der Waals surface area contributed by atoms with Gasteiger partial charge in [-0.3, -0.25) is 14.5 Å². The number of carbonyl (C=O) groups excluding carboxylic acids is 2. The molecular weight excluding hydrogens is 436 g/mol. The maximum Gasteiger partial charge on any atom is 0.387 e. The Morgan fingerprint density at radius 3 is 2.66 bits per heavy atom. The highest BCUT2D eigenvalue weighted by atomic mass is 19.3.